The van der Waals surface area contributed by atoms with E-state index in [2.05, 4.69) is 20.9 Å². The van der Waals surface area contributed by atoms with Crippen LogP contribution in [0, 0.1) is 11.8 Å². The second-order valence-corrected chi connectivity index (χ2v) is 9.67. The molecule has 10 heteroatoms. The van der Waals surface area contributed by atoms with Gasteiger partial charge in [-0.25, -0.2) is 4.79 Å². The quantitative estimate of drug-likeness (QED) is 0.264. The molecular weight excluding hydrogens is 450 g/mol. The van der Waals surface area contributed by atoms with E-state index in [-0.39, 0.29) is 18.3 Å². The smallest absolute Gasteiger partial charge is 0.326 e. The molecule has 0 spiro atoms. The number of amides is 3. The highest BCUT2D eigenvalue weighted by atomic mass is 16.4. The largest absolute Gasteiger partial charge is 0.480 e. The molecule has 4 unspecified atom stereocenters. The van der Waals surface area contributed by atoms with Crippen LogP contribution in [-0.4, -0.2) is 57.9 Å². The molecule has 2 rings (SSSR count). The van der Waals surface area contributed by atoms with E-state index in [9.17, 15) is 24.3 Å². The van der Waals surface area contributed by atoms with Gasteiger partial charge in [0.15, 0.2) is 0 Å². The van der Waals surface area contributed by atoms with Crippen LogP contribution in [0.4, 0.5) is 0 Å². The molecule has 3 amide bonds. The Bertz CT molecular complexity index is 1050. The van der Waals surface area contributed by atoms with Crippen molar-refractivity contribution in [2.45, 2.75) is 71.6 Å². The van der Waals surface area contributed by atoms with Gasteiger partial charge in [0.25, 0.3) is 0 Å². The number of fused-ring (bicyclic) bond motifs is 1. The molecular formula is C25H37N5O5. The molecule has 0 aliphatic carbocycles. The van der Waals surface area contributed by atoms with Crippen molar-refractivity contribution in [1.82, 2.24) is 20.9 Å². The van der Waals surface area contributed by atoms with E-state index in [4.69, 9.17) is 5.73 Å². The summed E-state index contributed by atoms with van der Waals surface area (Å²) in [4.78, 5) is 53.3. The average molecular weight is 488 g/mol. The number of carbonyl (C=O) groups excluding carboxylic acids is 3. The summed E-state index contributed by atoms with van der Waals surface area (Å²) in [5, 5.41) is 18.6. The number of nitrogens with two attached hydrogens (primary N) is 1. The lowest BCUT2D eigenvalue weighted by Gasteiger charge is -2.27. The van der Waals surface area contributed by atoms with Crippen LogP contribution >= 0.6 is 0 Å². The fourth-order valence-electron chi connectivity index (χ4n) is 3.78. The molecule has 0 aliphatic rings. The molecule has 10 nitrogen and oxygen atoms in total. The van der Waals surface area contributed by atoms with Gasteiger partial charge < -0.3 is 31.8 Å². The molecule has 2 aromatic rings. The van der Waals surface area contributed by atoms with E-state index in [1.54, 1.807) is 20.0 Å². The first kappa shape index (κ1) is 27.8. The van der Waals surface area contributed by atoms with E-state index in [0.29, 0.717) is 6.42 Å². The van der Waals surface area contributed by atoms with Gasteiger partial charge in [-0.3, -0.25) is 14.4 Å². The zero-order valence-electron chi connectivity index (χ0n) is 20.9. The average Bonchev–Trinajstić information content (AvgIpc) is 3.18. The second-order valence-electron chi connectivity index (χ2n) is 9.67. The highest BCUT2D eigenvalue weighted by Crippen LogP contribution is 2.19. The summed E-state index contributed by atoms with van der Waals surface area (Å²) in [6.07, 6.45) is 2.10. The maximum Gasteiger partial charge on any atom is 0.326 e. The number of carboxylic acids is 1. The highest BCUT2D eigenvalue weighted by molar-refractivity contribution is 5.94. The second kappa shape index (κ2) is 12.3. The molecule has 35 heavy (non-hydrogen) atoms. The van der Waals surface area contributed by atoms with Crippen LogP contribution in [0.2, 0.25) is 0 Å². The number of para-hydroxylation sites is 1. The molecule has 1 heterocycles. The number of carbonyl (C=O) groups is 4. The number of H-pyrrole nitrogens is 1. The molecule has 0 radical (unpaired) electrons. The lowest BCUT2D eigenvalue weighted by atomic mass is 9.99. The predicted octanol–water partition coefficient (Wildman–Crippen LogP) is 1.30. The van der Waals surface area contributed by atoms with Gasteiger partial charge in [-0.05, 0) is 36.8 Å². The molecule has 0 fully saturated rings. The van der Waals surface area contributed by atoms with Crippen LogP contribution in [0.3, 0.4) is 0 Å². The van der Waals surface area contributed by atoms with Crippen molar-refractivity contribution in [3.63, 3.8) is 0 Å². The predicted molar refractivity (Wildman–Crippen MR) is 133 cm³/mol. The van der Waals surface area contributed by atoms with Crippen molar-refractivity contribution in [1.29, 1.82) is 0 Å². The van der Waals surface area contributed by atoms with Gasteiger partial charge in [0.05, 0.1) is 6.04 Å². The van der Waals surface area contributed by atoms with Crippen molar-refractivity contribution in [3.8, 4) is 0 Å². The minimum absolute atomic E-state index is 0.0408. The Balaban J connectivity index is 2.18. The van der Waals surface area contributed by atoms with Gasteiger partial charge in [0.2, 0.25) is 17.7 Å². The summed E-state index contributed by atoms with van der Waals surface area (Å²) in [6, 6.07) is 3.66. The Morgan fingerprint density at radius 2 is 1.54 bits per heavy atom. The first-order chi connectivity index (χ1) is 16.4. The third-order valence-electron chi connectivity index (χ3n) is 5.71. The molecule has 1 aromatic heterocycles. The van der Waals surface area contributed by atoms with Crippen LogP contribution in [-0.2, 0) is 25.6 Å². The first-order valence-corrected chi connectivity index (χ1v) is 11.8. The Morgan fingerprint density at radius 3 is 2.11 bits per heavy atom. The lowest BCUT2D eigenvalue weighted by Crippen LogP contribution is -2.58. The summed E-state index contributed by atoms with van der Waals surface area (Å²) in [6.45, 7) is 8.84. The molecule has 4 atom stereocenters. The van der Waals surface area contributed by atoms with Crippen molar-refractivity contribution in [2.75, 3.05) is 0 Å². The van der Waals surface area contributed by atoms with Gasteiger partial charge in [0.1, 0.15) is 18.1 Å². The fourth-order valence-corrected chi connectivity index (χ4v) is 3.78. The molecule has 192 valence electrons. The third kappa shape index (κ3) is 7.81. The zero-order chi connectivity index (χ0) is 26.3. The molecule has 7 N–H and O–H groups in total. The Labute approximate surface area is 205 Å². The van der Waals surface area contributed by atoms with Crippen LogP contribution in [0.15, 0.2) is 30.5 Å². The van der Waals surface area contributed by atoms with Gasteiger partial charge in [0, 0.05) is 23.5 Å². The van der Waals surface area contributed by atoms with Crippen LogP contribution in [0.1, 0.15) is 46.6 Å². The molecule has 1 aromatic carbocycles. The number of rotatable bonds is 12. The summed E-state index contributed by atoms with van der Waals surface area (Å²) >= 11 is 0. The van der Waals surface area contributed by atoms with Crippen LogP contribution < -0.4 is 21.7 Å². The van der Waals surface area contributed by atoms with E-state index >= 15 is 0 Å². The monoisotopic (exact) mass is 487 g/mol. The van der Waals surface area contributed by atoms with Crippen molar-refractivity contribution >= 4 is 34.6 Å². The normalized spacial score (nSPS) is 14.9. The number of aromatic amines is 1. The maximum atomic E-state index is 13.1. The Morgan fingerprint density at radius 1 is 0.914 bits per heavy atom. The zero-order valence-corrected chi connectivity index (χ0v) is 20.9. The van der Waals surface area contributed by atoms with E-state index < -0.39 is 47.9 Å². The van der Waals surface area contributed by atoms with E-state index in [1.807, 2.05) is 38.1 Å². The number of carboxylic acid groups (broad SMARTS) is 1. The van der Waals surface area contributed by atoms with Gasteiger partial charge in [-0.1, -0.05) is 45.9 Å². The molecule has 0 bridgehead atoms. The summed E-state index contributed by atoms with van der Waals surface area (Å²) < 4.78 is 0. The maximum absolute atomic E-state index is 13.1. The van der Waals surface area contributed by atoms with Crippen LogP contribution in [0.25, 0.3) is 10.9 Å². The van der Waals surface area contributed by atoms with Crippen molar-refractivity contribution < 1.29 is 24.3 Å². The van der Waals surface area contributed by atoms with Gasteiger partial charge >= 0.3 is 5.97 Å². The number of hydrogen-bond donors (Lipinski definition) is 6. The number of nitrogens with one attached hydrogen (secondary N) is 4. The number of aromatic nitrogens is 1. The minimum Gasteiger partial charge on any atom is -0.480 e. The topological polar surface area (TPSA) is 166 Å². The summed E-state index contributed by atoms with van der Waals surface area (Å²) in [5.74, 6) is -3.00. The first-order valence-electron chi connectivity index (χ1n) is 11.8. The minimum atomic E-state index is -1.19. The molecule has 0 aliphatic heterocycles. The van der Waals surface area contributed by atoms with Gasteiger partial charge in [-0.15, -0.1) is 0 Å². The van der Waals surface area contributed by atoms with Crippen molar-refractivity contribution in [3.05, 3.63) is 36.0 Å². The standard InChI is InChI=1S/C25H37N5O5/c1-13(2)10-19(28-24(33)21(14(3)4)30-22(31)15(5)26)23(32)29-20(25(34)35)11-16-12-27-18-9-7-6-8-17(16)18/h6-9,12-15,19-21,27H,10-11,26H2,1-5H3,(H,28,33)(H,29,32)(H,30,31)(H,34,35). The highest BCUT2D eigenvalue weighted by Gasteiger charge is 2.32. The lowest BCUT2D eigenvalue weighted by molar-refractivity contribution is -0.142. The molecule has 0 saturated carbocycles. The summed E-state index contributed by atoms with van der Waals surface area (Å²) in [5.41, 5.74) is 7.24. The Kier molecular flexibility index (Phi) is 9.82. The number of aliphatic carboxylic acids is 1. The summed E-state index contributed by atoms with van der Waals surface area (Å²) in [7, 11) is 0. The number of hydrogen-bond acceptors (Lipinski definition) is 5. The SMILES string of the molecule is CC(C)CC(NC(=O)C(NC(=O)C(C)N)C(C)C)C(=O)NC(Cc1c[nH]c2ccccc12)C(=O)O. The Hall–Kier alpha value is -3.40. The van der Waals surface area contributed by atoms with E-state index in [1.165, 1.54) is 6.92 Å². The fraction of sp³-hybridized carbons (Fsp3) is 0.520. The molecule has 0 saturated heterocycles. The van der Waals surface area contributed by atoms with E-state index in [0.717, 1.165) is 16.5 Å². The van der Waals surface area contributed by atoms with Crippen molar-refractivity contribution in [2.24, 2.45) is 17.6 Å². The third-order valence-corrected chi connectivity index (χ3v) is 5.71. The van der Waals surface area contributed by atoms with Gasteiger partial charge in [-0.2, -0.15) is 0 Å². The number of benzene rings is 1. The van der Waals surface area contributed by atoms with Crippen LogP contribution in [0.5, 0.6) is 0 Å².